The molecule has 0 amide bonds. The Morgan fingerprint density at radius 1 is 1.24 bits per heavy atom. The fraction of sp³-hybridized carbons (Fsp3) is 0.500. The summed E-state index contributed by atoms with van der Waals surface area (Å²) in [6.45, 7) is 4.71. The SMILES string of the molecule is Cn1ncc2c(C(C3COC3)C3CC4(C3)CN(CCCc3cc5nncn5cc3F)C4)ccc(Cl)c2c1=O. The molecule has 1 spiro atoms. The van der Waals surface area contributed by atoms with Gasteiger partial charge in [-0.1, -0.05) is 17.7 Å². The predicted molar refractivity (Wildman–Crippen MR) is 142 cm³/mol. The second-order valence-electron chi connectivity index (χ2n) is 11.5. The van der Waals surface area contributed by atoms with Gasteiger partial charge in [-0.2, -0.15) is 5.10 Å². The molecular formula is C28H30ClFN6O2. The highest BCUT2D eigenvalue weighted by Gasteiger charge is 2.55. The van der Waals surface area contributed by atoms with Crippen molar-refractivity contribution in [3.05, 3.63) is 69.2 Å². The second-order valence-corrected chi connectivity index (χ2v) is 12.0. The summed E-state index contributed by atoms with van der Waals surface area (Å²) in [6.07, 6.45) is 8.76. The first-order valence-corrected chi connectivity index (χ1v) is 13.7. The zero-order valence-corrected chi connectivity index (χ0v) is 22.1. The number of halogens is 2. The van der Waals surface area contributed by atoms with Crippen molar-refractivity contribution in [1.82, 2.24) is 29.3 Å². The van der Waals surface area contributed by atoms with Crippen molar-refractivity contribution in [2.24, 2.45) is 24.3 Å². The lowest BCUT2D eigenvalue weighted by Gasteiger charge is -2.62. The summed E-state index contributed by atoms with van der Waals surface area (Å²) >= 11 is 6.47. The first kappa shape index (κ1) is 24.2. The van der Waals surface area contributed by atoms with Crippen LogP contribution in [0.2, 0.25) is 5.02 Å². The molecule has 3 aliphatic rings. The van der Waals surface area contributed by atoms with Gasteiger partial charge in [0.2, 0.25) is 0 Å². The minimum atomic E-state index is -0.201. The van der Waals surface area contributed by atoms with Gasteiger partial charge in [0.1, 0.15) is 12.1 Å². The standard InChI is InChI=1S/C28H30ClFN6O2/c1-34-27(37)26-21(10-32-34)20(4-5-22(26)29)25(19-12-38-13-19)18-8-28(9-18)14-35(15-28)6-2-3-17-7-24-33-31-16-36(24)11-23(17)30/h4-5,7,10-11,16,18-19,25H,2-3,6,8-9,12-15H2,1H3. The first-order chi connectivity index (χ1) is 18.4. The Hall–Kier alpha value is -2.88. The van der Waals surface area contributed by atoms with Gasteiger partial charge in [0, 0.05) is 37.6 Å². The maximum atomic E-state index is 14.4. The van der Waals surface area contributed by atoms with E-state index in [0.717, 1.165) is 44.7 Å². The van der Waals surface area contributed by atoms with Crippen LogP contribution in [0.25, 0.3) is 16.4 Å². The third-order valence-electron chi connectivity index (χ3n) is 9.03. The van der Waals surface area contributed by atoms with Crippen LogP contribution in [0.1, 0.15) is 36.3 Å². The molecule has 3 fully saturated rings. The molecule has 3 aromatic heterocycles. The number of rotatable bonds is 7. The van der Waals surface area contributed by atoms with Crippen molar-refractivity contribution < 1.29 is 9.13 Å². The molecule has 0 N–H and O–H groups in total. The molecule has 0 bridgehead atoms. The van der Waals surface area contributed by atoms with Crippen LogP contribution in [0.15, 0.2) is 41.7 Å². The van der Waals surface area contributed by atoms with Crippen LogP contribution in [-0.2, 0) is 18.2 Å². The van der Waals surface area contributed by atoms with Gasteiger partial charge in [-0.25, -0.2) is 9.07 Å². The number of nitrogens with zero attached hydrogens (tertiary/aromatic N) is 6. The predicted octanol–water partition coefficient (Wildman–Crippen LogP) is 3.84. The third-order valence-corrected chi connectivity index (χ3v) is 9.34. The average Bonchev–Trinajstić information content (AvgIpc) is 3.26. The van der Waals surface area contributed by atoms with Crippen LogP contribution >= 0.6 is 11.6 Å². The highest BCUT2D eigenvalue weighted by atomic mass is 35.5. The number of ether oxygens (including phenoxy) is 1. The van der Waals surface area contributed by atoms with Crippen molar-refractivity contribution in [1.29, 1.82) is 0 Å². The average molecular weight is 537 g/mol. The van der Waals surface area contributed by atoms with Gasteiger partial charge in [0.05, 0.1) is 29.8 Å². The second kappa shape index (κ2) is 9.10. The van der Waals surface area contributed by atoms with E-state index in [1.54, 1.807) is 23.7 Å². The topological polar surface area (TPSA) is 77.6 Å². The number of hydrogen-bond donors (Lipinski definition) is 0. The van der Waals surface area contributed by atoms with Crippen molar-refractivity contribution in [3.63, 3.8) is 0 Å². The minimum absolute atomic E-state index is 0.154. The molecule has 5 heterocycles. The summed E-state index contributed by atoms with van der Waals surface area (Å²) in [6, 6.07) is 5.77. The Labute approximate surface area is 224 Å². The Balaban J connectivity index is 1.00. The summed E-state index contributed by atoms with van der Waals surface area (Å²) < 4.78 is 23.0. The van der Waals surface area contributed by atoms with Crippen LogP contribution in [0.4, 0.5) is 4.39 Å². The van der Waals surface area contributed by atoms with E-state index < -0.39 is 0 Å². The Bertz CT molecular complexity index is 1580. The van der Waals surface area contributed by atoms with Gasteiger partial charge in [-0.05, 0) is 72.7 Å². The van der Waals surface area contributed by atoms with Gasteiger partial charge in [0.15, 0.2) is 5.65 Å². The monoisotopic (exact) mass is 536 g/mol. The smallest absolute Gasteiger partial charge is 0.275 e. The van der Waals surface area contributed by atoms with Crippen molar-refractivity contribution >= 4 is 28.0 Å². The molecule has 2 saturated heterocycles. The van der Waals surface area contributed by atoms with E-state index in [0.29, 0.717) is 51.2 Å². The van der Waals surface area contributed by atoms with E-state index in [1.165, 1.54) is 35.6 Å². The van der Waals surface area contributed by atoms with Crippen LogP contribution in [0.5, 0.6) is 0 Å². The van der Waals surface area contributed by atoms with E-state index in [9.17, 15) is 9.18 Å². The third kappa shape index (κ3) is 3.94. The Morgan fingerprint density at radius 2 is 2.05 bits per heavy atom. The van der Waals surface area contributed by atoms with Crippen molar-refractivity contribution in [3.8, 4) is 0 Å². The van der Waals surface area contributed by atoms with Gasteiger partial charge in [-0.15, -0.1) is 10.2 Å². The summed E-state index contributed by atoms with van der Waals surface area (Å²) in [5, 5.41) is 14.1. The fourth-order valence-corrected chi connectivity index (χ4v) is 7.41. The molecule has 8 nitrogen and oxygen atoms in total. The molecule has 1 atom stereocenters. The zero-order valence-electron chi connectivity index (χ0n) is 21.3. The fourth-order valence-electron chi connectivity index (χ4n) is 7.16. The number of aromatic nitrogens is 5. The Kier molecular flexibility index (Phi) is 5.79. The highest BCUT2D eigenvalue weighted by Crippen LogP contribution is 2.59. The highest BCUT2D eigenvalue weighted by molar-refractivity contribution is 6.35. The van der Waals surface area contributed by atoms with Crippen LogP contribution in [0.3, 0.4) is 0 Å². The molecular weight excluding hydrogens is 507 g/mol. The normalized spacial score (nSPS) is 20.5. The van der Waals surface area contributed by atoms with Crippen LogP contribution < -0.4 is 5.56 Å². The first-order valence-electron chi connectivity index (χ1n) is 13.3. The number of fused-ring (bicyclic) bond motifs is 2. The van der Waals surface area contributed by atoms with Crippen LogP contribution in [0, 0.1) is 23.1 Å². The molecule has 4 aromatic rings. The molecule has 1 unspecified atom stereocenters. The van der Waals surface area contributed by atoms with Crippen LogP contribution in [-0.4, -0.2) is 62.1 Å². The molecule has 1 aromatic carbocycles. The molecule has 0 radical (unpaired) electrons. The number of pyridine rings is 1. The van der Waals surface area contributed by atoms with Gasteiger partial charge < -0.3 is 9.64 Å². The van der Waals surface area contributed by atoms with Gasteiger partial charge >= 0.3 is 0 Å². The maximum absolute atomic E-state index is 14.4. The van der Waals surface area contributed by atoms with E-state index >= 15 is 0 Å². The summed E-state index contributed by atoms with van der Waals surface area (Å²) in [5.74, 6) is 1.16. The van der Waals surface area contributed by atoms with E-state index in [2.05, 4.69) is 26.3 Å². The molecule has 7 rings (SSSR count). The number of hydrogen-bond acceptors (Lipinski definition) is 6. The number of benzene rings is 1. The van der Waals surface area contributed by atoms with Gasteiger partial charge in [0.25, 0.3) is 5.56 Å². The lowest BCUT2D eigenvalue weighted by Crippen LogP contribution is -2.63. The van der Waals surface area contributed by atoms with Crippen molar-refractivity contribution in [2.45, 2.75) is 31.6 Å². The molecule has 10 heteroatoms. The summed E-state index contributed by atoms with van der Waals surface area (Å²) in [5.41, 5.74) is 2.80. The lowest BCUT2D eigenvalue weighted by molar-refractivity contribution is -0.127. The van der Waals surface area contributed by atoms with E-state index in [-0.39, 0.29) is 11.4 Å². The van der Waals surface area contributed by atoms with Gasteiger partial charge in [-0.3, -0.25) is 9.20 Å². The number of likely N-dealkylation sites (tertiary alicyclic amines) is 1. The van der Waals surface area contributed by atoms with E-state index in [4.69, 9.17) is 16.3 Å². The largest absolute Gasteiger partial charge is 0.381 e. The molecule has 198 valence electrons. The Morgan fingerprint density at radius 3 is 2.82 bits per heavy atom. The number of aryl methyl sites for hydroxylation is 2. The maximum Gasteiger partial charge on any atom is 0.275 e. The summed E-state index contributed by atoms with van der Waals surface area (Å²) in [7, 11) is 1.66. The lowest BCUT2D eigenvalue weighted by atomic mass is 9.52. The quantitative estimate of drug-likeness (QED) is 0.357. The van der Waals surface area contributed by atoms with E-state index in [1.807, 2.05) is 6.07 Å². The minimum Gasteiger partial charge on any atom is -0.381 e. The molecule has 38 heavy (non-hydrogen) atoms. The molecule has 2 aliphatic heterocycles. The zero-order chi connectivity index (χ0) is 26.0. The molecule has 1 saturated carbocycles. The van der Waals surface area contributed by atoms with Crippen molar-refractivity contribution in [2.75, 3.05) is 32.8 Å². The molecule has 1 aliphatic carbocycles. The summed E-state index contributed by atoms with van der Waals surface area (Å²) in [4.78, 5) is 15.3.